The normalized spacial score (nSPS) is 18.9. The Hall–Kier alpha value is -6.58. The van der Waals surface area contributed by atoms with Crippen molar-refractivity contribution in [2.24, 2.45) is 7.05 Å². The largest absolute Gasteiger partial charge is 0.493 e. The molecule has 6 aromatic rings. The molecule has 360 valence electrons. The maximum Gasteiger partial charge on any atom is 0.355 e. The molecule has 4 amide bonds. The van der Waals surface area contributed by atoms with E-state index in [1.165, 1.54) is 12.1 Å². The Kier molecular flexibility index (Phi) is 12.9. The molecule has 14 nitrogen and oxygen atoms in total. The summed E-state index contributed by atoms with van der Waals surface area (Å²) in [6.07, 6.45) is 3.40. The number of ether oxygens (including phenoxy) is 2. The van der Waals surface area contributed by atoms with Gasteiger partial charge >= 0.3 is 5.97 Å². The Balaban J connectivity index is 1.00. The molecule has 0 bridgehead atoms. The fourth-order valence-electron chi connectivity index (χ4n) is 10.5. The first kappa shape index (κ1) is 47.5. The predicted octanol–water partition coefficient (Wildman–Crippen LogP) is 8.94. The Bertz CT molecular complexity index is 3080. The first-order chi connectivity index (χ1) is 32.9. The van der Waals surface area contributed by atoms with Crippen LogP contribution in [0.1, 0.15) is 107 Å². The average Bonchev–Trinajstić information content (AvgIpc) is 3.84. The van der Waals surface area contributed by atoms with E-state index in [4.69, 9.17) is 26.2 Å². The van der Waals surface area contributed by atoms with Gasteiger partial charge in [-0.15, -0.1) is 0 Å². The second-order valence-electron chi connectivity index (χ2n) is 19.5. The quantitative estimate of drug-likeness (QED) is 0.0651. The molecule has 3 unspecified atom stereocenters. The lowest BCUT2D eigenvalue weighted by Crippen LogP contribution is -2.54. The highest BCUT2D eigenvalue weighted by Crippen LogP contribution is 2.43. The van der Waals surface area contributed by atoms with Crippen LogP contribution in [-0.4, -0.2) is 97.7 Å². The van der Waals surface area contributed by atoms with Crippen LogP contribution in [0.25, 0.3) is 32.8 Å². The van der Waals surface area contributed by atoms with Crippen LogP contribution in [0, 0.1) is 19.7 Å². The van der Waals surface area contributed by atoms with E-state index in [-0.39, 0.29) is 41.9 Å². The summed E-state index contributed by atoms with van der Waals surface area (Å²) in [5.41, 5.74) is 5.77. The van der Waals surface area contributed by atoms with Gasteiger partial charge in [-0.1, -0.05) is 35.9 Å². The highest BCUT2D eigenvalue weighted by atomic mass is 35.5. The number of anilines is 1. The van der Waals surface area contributed by atoms with Gasteiger partial charge in [0, 0.05) is 71.9 Å². The molecule has 2 fully saturated rings. The molecule has 2 N–H and O–H groups in total. The third-order valence-corrected chi connectivity index (χ3v) is 14.1. The van der Waals surface area contributed by atoms with Gasteiger partial charge in [0.05, 0.1) is 34.0 Å². The second kappa shape index (κ2) is 18.7. The minimum Gasteiger partial charge on any atom is -0.493 e. The summed E-state index contributed by atoms with van der Waals surface area (Å²) < 4.78 is 30.6. The number of likely N-dealkylation sites (tertiary alicyclic amines) is 1. The number of nitrogens with zero attached hydrogens (tertiary/aromatic N) is 5. The third kappa shape index (κ3) is 9.09. The molecule has 5 heterocycles. The molecular formula is C53H57ClFN7O7. The van der Waals surface area contributed by atoms with E-state index in [0.717, 1.165) is 67.5 Å². The van der Waals surface area contributed by atoms with Crippen molar-refractivity contribution in [3.63, 3.8) is 0 Å². The lowest BCUT2D eigenvalue weighted by atomic mass is 9.95. The molecule has 0 aliphatic carbocycles. The van der Waals surface area contributed by atoms with Gasteiger partial charge in [-0.2, -0.15) is 5.10 Å². The smallest absolute Gasteiger partial charge is 0.355 e. The molecule has 69 heavy (non-hydrogen) atoms. The zero-order chi connectivity index (χ0) is 49.1. The topological polar surface area (TPSA) is 157 Å². The van der Waals surface area contributed by atoms with Crippen molar-refractivity contribution in [2.75, 3.05) is 25.5 Å². The van der Waals surface area contributed by atoms with Crippen molar-refractivity contribution < 1.29 is 37.8 Å². The van der Waals surface area contributed by atoms with Crippen molar-refractivity contribution in [1.82, 2.24) is 29.5 Å². The number of hydrogen-bond donors (Lipinski definition) is 2. The van der Waals surface area contributed by atoms with Crippen molar-refractivity contribution in [3.05, 3.63) is 111 Å². The summed E-state index contributed by atoms with van der Waals surface area (Å²) in [6.45, 7) is 11.0. The standard InChI is InChI=1S/C53H57ClFN7O7/c1-29-44(30(2)60(7)58-29)46-39(54)21-20-37-36(13-10-26-68-42-15-8-11-31-27-32(55)16-19-35(31)42)48(52(67)69-53(3,4)5)61(47(37)46)25-24-34-18-17-33(28-59(34)6)56-40-14-9-12-38-45(40)51(66)62(50(38)65)41-22-23-43(63)57-49(41)64/h8-9,11-12,14-16,19-21,27,33-34,41,56H,10,13,17-18,22-26,28H2,1-7H3,(H,57,63,64). The highest BCUT2D eigenvalue weighted by Gasteiger charge is 2.46. The number of aromatic nitrogens is 3. The van der Waals surface area contributed by atoms with Crippen LogP contribution >= 0.6 is 11.6 Å². The van der Waals surface area contributed by atoms with Crippen LogP contribution < -0.4 is 15.4 Å². The van der Waals surface area contributed by atoms with E-state index in [1.807, 2.05) is 76.7 Å². The second-order valence-corrected chi connectivity index (χ2v) is 19.9. The third-order valence-electron chi connectivity index (χ3n) is 13.8. The fourth-order valence-corrected chi connectivity index (χ4v) is 10.7. The number of hydrogen-bond acceptors (Lipinski definition) is 10. The molecule has 3 atom stereocenters. The van der Waals surface area contributed by atoms with E-state index < -0.39 is 41.2 Å². The summed E-state index contributed by atoms with van der Waals surface area (Å²) in [5, 5.41) is 13.6. The lowest BCUT2D eigenvalue weighted by Gasteiger charge is -2.38. The van der Waals surface area contributed by atoms with Crippen molar-refractivity contribution in [3.8, 4) is 16.9 Å². The summed E-state index contributed by atoms with van der Waals surface area (Å²) in [4.78, 5) is 70.0. The Labute approximate surface area is 405 Å². The minimum absolute atomic E-state index is 0.0431. The number of amides is 4. The van der Waals surface area contributed by atoms with Crippen LogP contribution in [0.5, 0.6) is 5.75 Å². The number of esters is 1. The molecule has 3 aliphatic rings. The number of carbonyl (C=O) groups excluding carboxylic acids is 5. The summed E-state index contributed by atoms with van der Waals surface area (Å²) in [7, 11) is 3.97. The van der Waals surface area contributed by atoms with Gasteiger partial charge < -0.3 is 24.3 Å². The van der Waals surface area contributed by atoms with E-state index >= 15 is 0 Å². The molecule has 9 rings (SSSR count). The summed E-state index contributed by atoms with van der Waals surface area (Å²) in [6, 6.07) is 18.2. The molecule has 16 heteroatoms. The monoisotopic (exact) mass is 957 g/mol. The van der Waals surface area contributed by atoms with Gasteiger partial charge in [-0.05, 0) is 134 Å². The zero-order valence-electron chi connectivity index (χ0n) is 40.0. The number of carbonyl (C=O) groups is 5. The molecule has 3 aliphatic heterocycles. The van der Waals surface area contributed by atoms with Crippen molar-refractivity contribution in [1.29, 1.82) is 0 Å². The molecule has 0 radical (unpaired) electrons. The Morgan fingerprint density at radius 2 is 1.70 bits per heavy atom. The van der Waals surface area contributed by atoms with E-state index in [1.54, 1.807) is 24.3 Å². The van der Waals surface area contributed by atoms with Gasteiger partial charge in [-0.25, -0.2) is 9.18 Å². The highest BCUT2D eigenvalue weighted by molar-refractivity contribution is 6.35. The maximum atomic E-state index is 14.7. The van der Waals surface area contributed by atoms with Crippen LogP contribution in [0.4, 0.5) is 10.1 Å². The molecule has 4 aromatic carbocycles. The van der Waals surface area contributed by atoms with E-state index in [0.29, 0.717) is 61.1 Å². The molecule has 2 saturated heterocycles. The first-order valence-electron chi connectivity index (χ1n) is 23.6. The molecule has 0 spiro atoms. The number of imide groups is 2. The van der Waals surface area contributed by atoms with Gasteiger partial charge in [0.15, 0.2) is 0 Å². The van der Waals surface area contributed by atoms with Crippen LogP contribution in [-0.2, 0) is 34.3 Å². The van der Waals surface area contributed by atoms with Gasteiger partial charge in [0.25, 0.3) is 11.8 Å². The SMILES string of the molecule is Cc1nn(C)c(C)c1-c1c(Cl)ccc2c(CCCOc3cccc4cc(F)ccc34)c(C(=O)OC(C)(C)C)n(CCC3CCC(Nc4cccc5c4C(=O)N(C4CCC(=O)NC4=O)C5=O)CN3C)c12. The number of rotatable bonds is 13. The lowest BCUT2D eigenvalue weighted by molar-refractivity contribution is -0.136. The Morgan fingerprint density at radius 1 is 0.928 bits per heavy atom. The minimum atomic E-state index is -1.05. The molecular weight excluding hydrogens is 901 g/mol. The van der Waals surface area contributed by atoms with E-state index in [2.05, 4.69) is 27.1 Å². The van der Waals surface area contributed by atoms with Crippen LogP contribution in [0.15, 0.2) is 66.7 Å². The molecule has 2 aromatic heterocycles. The predicted molar refractivity (Wildman–Crippen MR) is 262 cm³/mol. The van der Waals surface area contributed by atoms with Crippen molar-refractivity contribution >= 4 is 68.6 Å². The maximum absolute atomic E-state index is 14.7. The van der Waals surface area contributed by atoms with E-state index in [9.17, 15) is 28.4 Å². The van der Waals surface area contributed by atoms with Crippen LogP contribution in [0.3, 0.4) is 0 Å². The number of halogens is 2. The van der Waals surface area contributed by atoms with Gasteiger partial charge in [0.2, 0.25) is 11.8 Å². The fraction of sp³-hybridized carbons (Fsp3) is 0.396. The van der Waals surface area contributed by atoms with Gasteiger partial charge in [0.1, 0.15) is 28.9 Å². The first-order valence-corrected chi connectivity index (χ1v) is 24.0. The number of nitrogens with one attached hydrogen (secondary N) is 2. The van der Waals surface area contributed by atoms with Gasteiger partial charge in [-0.3, -0.25) is 34.1 Å². The Morgan fingerprint density at radius 3 is 2.42 bits per heavy atom. The summed E-state index contributed by atoms with van der Waals surface area (Å²) >= 11 is 7.23. The number of benzene rings is 4. The number of likely N-dealkylation sites (N-methyl/N-ethyl adjacent to an activating group) is 1. The average molecular weight is 959 g/mol. The van der Waals surface area contributed by atoms with Crippen LogP contribution in [0.2, 0.25) is 5.02 Å². The number of aryl methyl sites for hydroxylation is 4. The zero-order valence-corrected chi connectivity index (χ0v) is 40.8. The summed E-state index contributed by atoms with van der Waals surface area (Å²) in [5.74, 6) is -2.28. The number of fused-ring (bicyclic) bond motifs is 3. The molecule has 0 saturated carbocycles. The number of piperidine rings is 2. The van der Waals surface area contributed by atoms with Crippen molar-refractivity contribution in [2.45, 2.75) is 110 Å².